The van der Waals surface area contributed by atoms with Gasteiger partial charge in [0.15, 0.2) is 0 Å². The number of piperazine rings is 1. The molecule has 7 rings (SSSR count). The number of methoxy groups -OCH3 is 1. The zero-order valence-electron chi connectivity index (χ0n) is 22.9. The summed E-state index contributed by atoms with van der Waals surface area (Å²) in [5.41, 5.74) is 12.0. The van der Waals surface area contributed by atoms with Crippen LogP contribution in [0, 0.1) is 11.3 Å². The fraction of sp³-hybridized carbons (Fsp3) is 0.355. The molecule has 9 heteroatoms. The topological polar surface area (TPSA) is 116 Å². The highest BCUT2D eigenvalue weighted by Crippen LogP contribution is 2.36. The highest BCUT2D eigenvalue weighted by Gasteiger charge is 2.44. The van der Waals surface area contributed by atoms with Crippen LogP contribution in [-0.4, -0.2) is 64.7 Å². The molecule has 0 radical (unpaired) electrons. The van der Waals surface area contributed by atoms with Gasteiger partial charge in [-0.1, -0.05) is 12.1 Å². The molecule has 0 aliphatic carbocycles. The van der Waals surface area contributed by atoms with Crippen molar-refractivity contribution >= 4 is 17.0 Å². The number of nitrogens with zero attached hydrogens (tertiary/aromatic N) is 6. The van der Waals surface area contributed by atoms with Gasteiger partial charge in [-0.15, -0.1) is 0 Å². The SMILES string of the molecule is COc1ccc(CN2C3CC2CN(c2ccc(-c4cc(C5=CCNC(C)C5)cnc4C(C#N)=CN)cn2)C3)cn1. The number of allylic oxidation sites excluding steroid dienone is 1. The third kappa shape index (κ3) is 5.04. The number of nitriles is 1. The Morgan fingerprint density at radius 2 is 1.95 bits per heavy atom. The fourth-order valence-corrected chi connectivity index (χ4v) is 6.05. The van der Waals surface area contributed by atoms with Crippen molar-refractivity contribution in [2.75, 3.05) is 31.6 Å². The first-order chi connectivity index (χ1) is 19.6. The summed E-state index contributed by atoms with van der Waals surface area (Å²) < 4.78 is 5.19. The first-order valence-electron chi connectivity index (χ1n) is 13.8. The van der Waals surface area contributed by atoms with Crippen molar-refractivity contribution in [3.05, 3.63) is 78.0 Å². The Hall–Kier alpha value is -4.26. The molecule has 3 unspecified atom stereocenters. The molecule has 3 atom stereocenters. The molecule has 3 aromatic rings. The Balaban J connectivity index is 1.20. The average molecular weight is 535 g/mol. The van der Waals surface area contributed by atoms with Crippen molar-refractivity contribution in [3.8, 4) is 23.1 Å². The lowest BCUT2D eigenvalue weighted by Crippen LogP contribution is -2.68. The number of hydrogen-bond donors (Lipinski definition) is 2. The molecule has 9 nitrogen and oxygen atoms in total. The first-order valence-corrected chi connectivity index (χ1v) is 13.8. The molecule has 3 aromatic heterocycles. The molecule has 3 N–H and O–H groups in total. The summed E-state index contributed by atoms with van der Waals surface area (Å²) in [6.07, 6.45) is 11.3. The van der Waals surface area contributed by atoms with Gasteiger partial charge in [0.25, 0.3) is 0 Å². The quantitative estimate of drug-likeness (QED) is 0.439. The van der Waals surface area contributed by atoms with E-state index in [0.717, 1.165) is 55.1 Å². The lowest BCUT2D eigenvalue weighted by Gasteiger charge is -2.56. The highest BCUT2D eigenvalue weighted by molar-refractivity contribution is 5.86. The Labute approximate surface area is 235 Å². The van der Waals surface area contributed by atoms with E-state index in [0.29, 0.717) is 35.3 Å². The molecule has 7 heterocycles. The van der Waals surface area contributed by atoms with Gasteiger partial charge in [0.2, 0.25) is 5.88 Å². The molecule has 4 aliphatic heterocycles. The van der Waals surface area contributed by atoms with E-state index in [1.807, 2.05) is 24.7 Å². The Morgan fingerprint density at radius 1 is 1.12 bits per heavy atom. The first kappa shape index (κ1) is 26.0. The van der Waals surface area contributed by atoms with E-state index in [4.69, 9.17) is 20.4 Å². The number of hydrogen-bond acceptors (Lipinski definition) is 9. The average Bonchev–Trinajstić information content (AvgIpc) is 3.01. The van der Waals surface area contributed by atoms with Crippen LogP contribution in [0.3, 0.4) is 0 Å². The number of piperidine rings is 1. The molecular weight excluding hydrogens is 500 g/mol. The lowest BCUT2D eigenvalue weighted by atomic mass is 9.87. The third-order valence-electron chi connectivity index (χ3n) is 8.24. The molecule has 0 saturated carbocycles. The molecule has 0 spiro atoms. The highest BCUT2D eigenvalue weighted by atomic mass is 16.5. The summed E-state index contributed by atoms with van der Waals surface area (Å²) in [6.45, 7) is 5.82. The van der Waals surface area contributed by atoms with E-state index in [-0.39, 0.29) is 0 Å². The van der Waals surface area contributed by atoms with Crippen molar-refractivity contribution in [2.45, 2.75) is 44.4 Å². The molecule has 204 valence electrons. The van der Waals surface area contributed by atoms with Gasteiger partial charge in [-0.3, -0.25) is 9.88 Å². The molecule has 2 bridgehead atoms. The van der Waals surface area contributed by atoms with Crippen LogP contribution in [0.2, 0.25) is 0 Å². The number of rotatable bonds is 7. The number of pyridine rings is 3. The van der Waals surface area contributed by atoms with E-state index in [2.05, 4.69) is 63.4 Å². The maximum atomic E-state index is 9.69. The van der Waals surface area contributed by atoms with Gasteiger partial charge in [-0.05, 0) is 54.7 Å². The van der Waals surface area contributed by atoms with Gasteiger partial charge in [0.05, 0.1) is 18.4 Å². The van der Waals surface area contributed by atoms with Gasteiger partial charge in [0.1, 0.15) is 11.9 Å². The maximum Gasteiger partial charge on any atom is 0.212 e. The van der Waals surface area contributed by atoms with Crippen LogP contribution in [0.15, 0.2) is 61.2 Å². The van der Waals surface area contributed by atoms with Crippen LogP contribution in [0.1, 0.15) is 36.6 Å². The normalized spacial score (nSPS) is 22.7. The fourth-order valence-electron chi connectivity index (χ4n) is 6.05. The Kier molecular flexibility index (Phi) is 7.20. The van der Waals surface area contributed by atoms with E-state index in [9.17, 15) is 5.26 Å². The monoisotopic (exact) mass is 534 g/mol. The third-order valence-corrected chi connectivity index (χ3v) is 8.24. The zero-order valence-corrected chi connectivity index (χ0v) is 22.9. The second-order valence-electron chi connectivity index (χ2n) is 10.8. The van der Waals surface area contributed by atoms with E-state index < -0.39 is 0 Å². The summed E-state index contributed by atoms with van der Waals surface area (Å²) >= 11 is 0. The van der Waals surface area contributed by atoms with Crippen molar-refractivity contribution in [3.63, 3.8) is 0 Å². The Morgan fingerprint density at radius 3 is 2.60 bits per heavy atom. The van der Waals surface area contributed by atoms with Gasteiger partial charge >= 0.3 is 0 Å². The van der Waals surface area contributed by atoms with E-state index >= 15 is 0 Å². The lowest BCUT2D eigenvalue weighted by molar-refractivity contribution is -0.00876. The number of nitrogens with two attached hydrogens (primary N) is 1. The summed E-state index contributed by atoms with van der Waals surface area (Å²) in [5.74, 6) is 1.61. The number of nitrogens with one attached hydrogen (secondary N) is 1. The summed E-state index contributed by atoms with van der Waals surface area (Å²) in [7, 11) is 1.64. The van der Waals surface area contributed by atoms with Gasteiger partial charge in [-0.2, -0.15) is 5.26 Å². The van der Waals surface area contributed by atoms with Crippen molar-refractivity contribution in [1.82, 2.24) is 25.2 Å². The smallest absolute Gasteiger partial charge is 0.212 e. The van der Waals surface area contributed by atoms with Crippen LogP contribution < -0.4 is 20.7 Å². The number of aromatic nitrogens is 3. The van der Waals surface area contributed by atoms with Crippen LogP contribution in [0.25, 0.3) is 22.3 Å². The van der Waals surface area contributed by atoms with E-state index in [1.54, 1.807) is 7.11 Å². The van der Waals surface area contributed by atoms with Crippen molar-refractivity contribution in [2.24, 2.45) is 5.73 Å². The van der Waals surface area contributed by atoms with E-state index in [1.165, 1.54) is 23.8 Å². The number of fused-ring (bicyclic) bond motifs is 2. The predicted molar refractivity (Wildman–Crippen MR) is 156 cm³/mol. The molecule has 3 saturated heterocycles. The maximum absolute atomic E-state index is 9.69. The molecule has 3 fully saturated rings. The zero-order chi connectivity index (χ0) is 27.6. The van der Waals surface area contributed by atoms with Gasteiger partial charge in [-0.25, -0.2) is 9.97 Å². The summed E-state index contributed by atoms with van der Waals surface area (Å²) in [5, 5.41) is 13.1. The van der Waals surface area contributed by atoms with Crippen molar-refractivity contribution < 1.29 is 4.74 Å². The van der Waals surface area contributed by atoms with Crippen LogP contribution >= 0.6 is 0 Å². The summed E-state index contributed by atoms with van der Waals surface area (Å²) in [4.78, 5) is 18.9. The second kappa shape index (κ2) is 11.1. The molecular formula is C31H34N8O. The van der Waals surface area contributed by atoms with Crippen molar-refractivity contribution in [1.29, 1.82) is 5.26 Å². The molecule has 4 aliphatic rings. The molecule has 40 heavy (non-hydrogen) atoms. The minimum Gasteiger partial charge on any atom is -0.481 e. The molecule has 0 aromatic carbocycles. The largest absolute Gasteiger partial charge is 0.481 e. The molecule has 0 amide bonds. The van der Waals surface area contributed by atoms with Crippen LogP contribution in [0.4, 0.5) is 5.82 Å². The number of ether oxygens (including phenoxy) is 1. The number of anilines is 1. The minimum absolute atomic E-state index is 0.349. The van der Waals surface area contributed by atoms with Gasteiger partial charge < -0.3 is 20.7 Å². The second-order valence-corrected chi connectivity index (χ2v) is 10.8. The van der Waals surface area contributed by atoms with Crippen LogP contribution in [0.5, 0.6) is 5.88 Å². The Bertz CT molecular complexity index is 1460. The summed E-state index contributed by atoms with van der Waals surface area (Å²) in [6, 6.07) is 13.9. The standard InChI is InChI=1S/C31H34N8O/c1-20-9-22(7-8-34-20)24-10-28(31(37-16-24)25(12-32)13-33)23-4-5-29(35-15-23)38-18-26-11-27(19-38)39(26)17-21-3-6-30(40-2)36-14-21/h3-7,10,12,14-16,20,26-27,34H,8-9,11,17-19,32H2,1-2H3. The van der Waals surface area contributed by atoms with Gasteiger partial charge in [0, 0.05) is 86.3 Å². The minimum atomic E-state index is 0.349. The predicted octanol–water partition coefficient (Wildman–Crippen LogP) is 3.60. The van der Waals surface area contributed by atoms with Crippen LogP contribution in [-0.2, 0) is 6.54 Å².